The molecule has 0 spiro atoms. The zero-order valence-electron chi connectivity index (χ0n) is 18.5. The van der Waals surface area contributed by atoms with Crippen molar-refractivity contribution in [1.29, 1.82) is 0 Å². The fourth-order valence-electron chi connectivity index (χ4n) is 4.50. The van der Waals surface area contributed by atoms with Crippen molar-refractivity contribution in [3.8, 4) is 11.1 Å². The molecule has 4 aromatic carbocycles. The first-order valence-electron chi connectivity index (χ1n) is 11.2. The molecule has 4 aromatic rings. The minimum atomic E-state index is 0.310. The van der Waals surface area contributed by atoms with Crippen LogP contribution in [0, 0.1) is 0 Å². The van der Waals surface area contributed by atoms with Gasteiger partial charge in [0.2, 0.25) is 0 Å². The third-order valence-electron chi connectivity index (χ3n) is 5.94. The topological polar surface area (TPSA) is 12.4 Å². The lowest BCUT2D eigenvalue weighted by molar-refractivity contribution is 0.975. The van der Waals surface area contributed by atoms with Gasteiger partial charge < -0.3 is 0 Å². The Bertz CT molecular complexity index is 1410. The highest BCUT2D eigenvalue weighted by Crippen LogP contribution is 2.46. The van der Waals surface area contributed by atoms with Gasteiger partial charge in [0.05, 0.1) is 0 Å². The summed E-state index contributed by atoms with van der Waals surface area (Å²) in [6.45, 7) is 6.02. The molecule has 0 saturated carbocycles. The van der Waals surface area contributed by atoms with Gasteiger partial charge in [-0.3, -0.25) is 0 Å². The van der Waals surface area contributed by atoms with Crippen LogP contribution in [0.5, 0.6) is 0 Å². The maximum atomic E-state index is 6.11. The van der Waals surface area contributed by atoms with E-state index in [1.807, 2.05) is 0 Å². The first-order chi connectivity index (χ1) is 16.2. The van der Waals surface area contributed by atoms with Crippen LogP contribution in [0.15, 0.2) is 113 Å². The minimum Gasteiger partial charge on any atom is -0.229 e. The number of benzene rings is 4. The molecule has 0 bridgehead atoms. The smallest absolute Gasteiger partial charge is 0.123 e. The summed E-state index contributed by atoms with van der Waals surface area (Å²) in [5.74, 6) is 0. The van der Waals surface area contributed by atoms with Crippen LogP contribution < -0.4 is 0 Å². The number of allylic oxidation sites excluding steroid dienone is 1. The molecule has 0 saturated heterocycles. The van der Waals surface area contributed by atoms with Crippen molar-refractivity contribution in [2.24, 2.45) is 4.99 Å². The van der Waals surface area contributed by atoms with E-state index < -0.39 is 0 Å². The molecule has 0 radical (unpaired) electrons. The summed E-state index contributed by atoms with van der Waals surface area (Å²) in [4.78, 5) is 5.81. The first-order valence-corrected chi connectivity index (χ1v) is 12.4. The third-order valence-corrected chi connectivity index (χ3v) is 7.08. The molecule has 0 atom stereocenters. The molecule has 33 heavy (non-hydrogen) atoms. The molecule has 1 aliphatic rings. The van der Waals surface area contributed by atoms with Gasteiger partial charge in [0.15, 0.2) is 0 Å². The second-order valence-electron chi connectivity index (χ2n) is 8.10. The minimum absolute atomic E-state index is 0.310. The summed E-state index contributed by atoms with van der Waals surface area (Å²) in [5, 5.41) is 3.77. The molecule has 162 valence electrons. The van der Waals surface area contributed by atoms with E-state index in [9.17, 15) is 0 Å². The van der Waals surface area contributed by atoms with Gasteiger partial charge in [-0.05, 0) is 51.1 Å². The third kappa shape index (κ3) is 4.29. The molecular weight excluding hydrogens is 442 g/mol. The Morgan fingerprint density at radius 2 is 1.55 bits per heavy atom. The Morgan fingerprint density at radius 3 is 2.33 bits per heavy atom. The van der Waals surface area contributed by atoms with E-state index in [1.54, 1.807) is 11.8 Å². The van der Waals surface area contributed by atoms with Gasteiger partial charge in [-0.25, -0.2) is 4.99 Å². The Morgan fingerprint density at radius 1 is 0.848 bits per heavy atom. The molecule has 3 heteroatoms. The Hall–Kier alpha value is -3.07. The van der Waals surface area contributed by atoms with E-state index in [-0.39, 0.29) is 0 Å². The lowest BCUT2D eigenvalue weighted by Gasteiger charge is -2.14. The number of fused-ring (bicyclic) bond motifs is 2. The van der Waals surface area contributed by atoms with Crippen LogP contribution in [-0.4, -0.2) is 5.04 Å². The SMILES string of the molecule is C=C(Cl)N=C1Sc2ccccc2/C1=C(/CCC)c1ccc(-c2cccc3ccccc23)cc1. The fraction of sp³-hybridized carbons (Fsp3) is 0.100. The summed E-state index contributed by atoms with van der Waals surface area (Å²) < 4.78 is 0. The Balaban J connectivity index is 1.64. The number of thioether (sulfide) groups is 1. The maximum Gasteiger partial charge on any atom is 0.123 e. The molecule has 0 aliphatic carbocycles. The van der Waals surface area contributed by atoms with Crippen molar-refractivity contribution in [3.63, 3.8) is 0 Å². The normalized spacial score (nSPS) is 15.6. The van der Waals surface area contributed by atoms with Crippen LogP contribution in [0.3, 0.4) is 0 Å². The number of hydrogen-bond donors (Lipinski definition) is 0. The number of nitrogens with zero attached hydrogens (tertiary/aromatic N) is 1. The van der Waals surface area contributed by atoms with Gasteiger partial charge in [-0.2, -0.15) is 0 Å². The summed E-state index contributed by atoms with van der Waals surface area (Å²) in [6.07, 6.45) is 2.01. The summed E-state index contributed by atoms with van der Waals surface area (Å²) >= 11 is 7.78. The quantitative estimate of drug-likeness (QED) is 0.267. The van der Waals surface area contributed by atoms with E-state index in [0.29, 0.717) is 5.16 Å². The van der Waals surface area contributed by atoms with Crippen LogP contribution in [-0.2, 0) is 0 Å². The average Bonchev–Trinajstić information content (AvgIpc) is 3.19. The van der Waals surface area contributed by atoms with Gasteiger partial charge >= 0.3 is 0 Å². The molecule has 5 rings (SSSR count). The van der Waals surface area contributed by atoms with E-state index in [0.717, 1.165) is 17.9 Å². The van der Waals surface area contributed by atoms with Crippen LogP contribution >= 0.6 is 23.4 Å². The van der Waals surface area contributed by atoms with Gasteiger partial charge in [0.1, 0.15) is 10.2 Å². The lowest BCUT2D eigenvalue weighted by atomic mass is 9.90. The van der Waals surface area contributed by atoms with E-state index >= 15 is 0 Å². The highest BCUT2D eigenvalue weighted by atomic mass is 35.5. The van der Waals surface area contributed by atoms with Crippen molar-refractivity contribution in [3.05, 3.63) is 114 Å². The number of rotatable bonds is 5. The summed E-state index contributed by atoms with van der Waals surface area (Å²) in [6, 6.07) is 32.5. The van der Waals surface area contributed by atoms with Gasteiger partial charge in [-0.15, -0.1) is 0 Å². The monoisotopic (exact) mass is 465 g/mol. The van der Waals surface area contributed by atoms with Gasteiger partial charge in [-0.1, -0.05) is 128 Å². The molecule has 0 N–H and O–H groups in total. The average molecular weight is 466 g/mol. The number of hydrogen-bond acceptors (Lipinski definition) is 2. The van der Waals surface area contributed by atoms with Crippen molar-refractivity contribution in [2.75, 3.05) is 0 Å². The maximum absolute atomic E-state index is 6.11. The van der Waals surface area contributed by atoms with Crippen molar-refractivity contribution in [1.82, 2.24) is 0 Å². The molecule has 0 fully saturated rings. The van der Waals surface area contributed by atoms with Crippen LogP contribution in [0.4, 0.5) is 0 Å². The number of halogens is 1. The van der Waals surface area contributed by atoms with E-state index in [1.165, 1.54) is 49.1 Å². The zero-order valence-corrected chi connectivity index (χ0v) is 20.1. The molecular formula is C30H24ClNS. The standard InChI is InChI=1S/C30H24ClNS/c1-3-9-26(29-27-13-6-7-15-28(27)33-30(29)32-20(2)31)23-18-16-22(17-19-23)25-14-8-11-21-10-4-5-12-24(21)25/h4-8,10-19H,2-3,9H2,1H3/b29-26+,32-30?. The largest absolute Gasteiger partial charge is 0.229 e. The molecule has 1 nitrogen and oxygen atoms in total. The molecule has 0 amide bonds. The van der Waals surface area contributed by atoms with Crippen molar-refractivity contribution < 1.29 is 0 Å². The predicted molar refractivity (Wildman–Crippen MR) is 146 cm³/mol. The highest BCUT2D eigenvalue weighted by Gasteiger charge is 2.27. The summed E-state index contributed by atoms with van der Waals surface area (Å²) in [5.41, 5.74) is 7.41. The fourth-order valence-corrected chi connectivity index (χ4v) is 5.77. The molecule has 1 heterocycles. The van der Waals surface area contributed by atoms with Crippen molar-refractivity contribution >= 4 is 50.3 Å². The molecule has 1 aliphatic heterocycles. The Labute approximate surface area is 204 Å². The Kier molecular flexibility index (Phi) is 6.22. The van der Waals surface area contributed by atoms with E-state index in [4.69, 9.17) is 11.6 Å². The van der Waals surface area contributed by atoms with Crippen molar-refractivity contribution in [2.45, 2.75) is 24.7 Å². The zero-order chi connectivity index (χ0) is 22.8. The lowest BCUT2D eigenvalue weighted by Crippen LogP contribution is -1.97. The first kappa shape index (κ1) is 21.8. The second kappa shape index (κ2) is 9.43. The number of aliphatic imine (C=N–C) groups is 1. The van der Waals surface area contributed by atoms with Gasteiger partial charge in [0, 0.05) is 10.5 Å². The summed E-state index contributed by atoms with van der Waals surface area (Å²) in [7, 11) is 0. The molecule has 0 aromatic heterocycles. The van der Waals surface area contributed by atoms with E-state index in [2.05, 4.69) is 109 Å². The highest BCUT2D eigenvalue weighted by molar-refractivity contribution is 8.15. The predicted octanol–water partition coefficient (Wildman–Crippen LogP) is 9.43. The van der Waals surface area contributed by atoms with Gasteiger partial charge in [0.25, 0.3) is 0 Å². The van der Waals surface area contributed by atoms with Crippen LogP contribution in [0.1, 0.15) is 30.9 Å². The van der Waals surface area contributed by atoms with Crippen LogP contribution in [0.2, 0.25) is 0 Å². The van der Waals surface area contributed by atoms with Crippen LogP contribution in [0.25, 0.3) is 33.0 Å². The second-order valence-corrected chi connectivity index (χ2v) is 9.57. The molecule has 0 unspecified atom stereocenters.